The van der Waals surface area contributed by atoms with Gasteiger partial charge in [0.1, 0.15) is 6.04 Å². The van der Waals surface area contributed by atoms with Crippen LogP contribution in [0.25, 0.3) is 0 Å². The lowest BCUT2D eigenvalue weighted by Gasteiger charge is -2.14. The van der Waals surface area contributed by atoms with Crippen LogP contribution in [0.3, 0.4) is 0 Å². The van der Waals surface area contributed by atoms with Crippen molar-refractivity contribution in [2.24, 2.45) is 0 Å². The Morgan fingerprint density at radius 1 is 0.700 bits per heavy atom. The average molecular weight is 530 g/mol. The molecule has 0 aromatic heterocycles. The molecule has 0 bridgehead atoms. The Labute approximate surface area is 229 Å². The maximum absolute atomic E-state index is 13.7. The highest BCUT2D eigenvalue weighted by Gasteiger charge is 2.56. The van der Waals surface area contributed by atoms with Crippen molar-refractivity contribution < 1.29 is 24.0 Å². The van der Waals surface area contributed by atoms with Crippen molar-refractivity contribution in [1.29, 1.82) is 0 Å². The van der Waals surface area contributed by atoms with Crippen molar-refractivity contribution in [1.82, 2.24) is 4.90 Å². The van der Waals surface area contributed by atoms with Crippen molar-refractivity contribution in [3.05, 3.63) is 131 Å². The van der Waals surface area contributed by atoms with Crippen LogP contribution in [-0.2, 0) is 4.79 Å². The number of carbonyl (C=O) groups is 5. The van der Waals surface area contributed by atoms with E-state index in [0.29, 0.717) is 16.9 Å². The molecule has 2 atom stereocenters. The molecule has 2 heterocycles. The molecule has 2 aliphatic heterocycles. The number of imide groups is 1. The Bertz CT molecular complexity index is 1680. The third kappa shape index (κ3) is 4.25. The third-order valence-electron chi connectivity index (χ3n) is 7.09. The van der Waals surface area contributed by atoms with Crippen LogP contribution in [0.4, 0.5) is 11.4 Å². The summed E-state index contributed by atoms with van der Waals surface area (Å²) >= 11 is 0. The number of rotatable bonds is 6. The van der Waals surface area contributed by atoms with Crippen LogP contribution in [0, 0.1) is 0 Å². The number of nitrogens with one attached hydrogen (secondary N) is 1. The summed E-state index contributed by atoms with van der Waals surface area (Å²) < 4.78 is 0. The fourth-order valence-electron chi connectivity index (χ4n) is 5.17. The first kappa shape index (κ1) is 24.9. The molecule has 0 saturated carbocycles. The third-order valence-corrected chi connectivity index (χ3v) is 7.09. The van der Waals surface area contributed by atoms with Gasteiger partial charge in [-0.15, -0.1) is 0 Å². The molecule has 2 aliphatic rings. The second kappa shape index (κ2) is 9.74. The van der Waals surface area contributed by atoms with E-state index in [-0.39, 0.29) is 28.4 Å². The van der Waals surface area contributed by atoms with E-state index in [1.807, 2.05) is 36.4 Å². The van der Waals surface area contributed by atoms with Crippen LogP contribution in [0.5, 0.6) is 0 Å². The van der Waals surface area contributed by atoms with Gasteiger partial charge in [0.05, 0.1) is 22.9 Å². The molecule has 1 fully saturated rings. The first-order valence-corrected chi connectivity index (χ1v) is 12.7. The van der Waals surface area contributed by atoms with Gasteiger partial charge in [-0.25, -0.2) is 4.90 Å². The van der Waals surface area contributed by atoms with Gasteiger partial charge in [0, 0.05) is 23.7 Å². The predicted molar refractivity (Wildman–Crippen MR) is 148 cm³/mol. The minimum Gasteiger partial charge on any atom is -0.326 e. The first-order chi connectivity index (χ1) is 19.3. The topological polar surface area (TPSA) is 104 Å². The van der Waals surface area contributed by atoms with E-state index >= 15 is 0 Å². The molecule has 40 heavy (non-hydrogen) atoms. The second-order valence-corrected chi connectivity index (χ2v) is 9.68. The zero-order valence-electron chi connectivity index (χ0n) is 21.4. The monoisotopic (exact) mass is 529 g/mol. The number of anilines is 2. The van der Waals surface area contributed by atoms with Gasteiger partial charge in [-0.2, -0.15) is 0 Å². The average Bonchev–Trinajstić information content (AvgIpc) is 3.67. The molecule has 6 rings (SSSR count). The number of Topliss-reactive ketones (excluding diaryl/α,β-unsaturated/α-hetero) is 1. The van der Waals surface area contributed by atoms with E-state index < -0.39 is 29.8 Å². The molecule has 1 saturated heterocycles. The number of fused-ring (bicyclic) bond motifs is 1. The lowest BCUT2D eigenvalue weighted by Crippen LogP contribution is -2.29. The van der Waals surface area contributed by atoms with E-state index in [0.717, 1.165) is 10.5 Å². The van der Waals surface area contributed by atoms with Crippen molar-refractivity contribution in [2.75, 3.05) is 10.2 Å². The van der Waals surface area contributed by atoms with Crippen LogP contribution in [-0.4, -0.2) is 40.4 Å². The van der Waals surface area contributed by atoms with Crippen LogP contribution in [0.2, 0.25) is 0 Å². The maximum Gasteiger partial charge on any atom is 0.266 e. The smallest absolute Gasteiger partial charge is 0.266 e. The lowest BCUT2D eigenvalue weighted by molar-refractivity contribution is -0.114. The number of hydrogen-bond acceptors (Lipinski definition) is 5. The number of nitrogens with zero attached hydrogens (tertiary/aromatic N) is 2. The standard InChI is InChI=1S/C32H23N3O5/c1-19(36)33-23-13-15-24(16-14-23)34-31(39)25-17-12-22(18-26(25)32(34)40)30(38)35-27(20-8-4-2-5-9-20)28(35)29(37)21-10-6-3-7-11-21/h2-18,27-28H,1H3,(H,33,36)/t27-,28-,35?/m1/s1. The van der Waals surface area contributed by atoms with Gasteiger partial charge in [0.2, 0.25) is 5.91 Å². The van der Waals surface area contributed by atoms with Gasteiger partial charge in [0.25, 0.3) is 17.7 Å². The van der Waals surface area contributed by atoms with Crippen molar-refractivity contribution in [2.45, 2.75) is 19.0 Å². The largest absolute Gasteiger partial charge is 0.326 e. The summed E-state index contributed by atoms with van der Waals surface area (Å²) in [5, 5.41) is 2.64. The Morgan fingerprint density at radius 2 is 1.32 bits per heavy atom. The van der Waals surface area contributed by atoms with Crippen molar-refractivity contribution >= 4 is 40.8 Å². The van der Waals surface area contributed by atoms with Crippen molar-refractivity contribution in [3.8, 4) is 0 Å². The second-order valence-electron chi connectivity index (χ2n) is 9.68. The predicted octanol–water partition coefficient (Wildman–Crippen LogP) is 4.89. The fraction of sp³-hybridized carbons (Fsp3) is 0.0938. The van der Waals surface area contributed by atoms with Crippen LogP contribution in [0.1, 0.15) is 60.0 Å². The number of amides is 4. The summed E-state index contributed by atoms with van der Waals surface area (Å²) in [6.45, 7) is 1.39. The Balaban J connectivity index is 1.29. The fourth-order valence-corrected chi connectivity index (χ4v) is 5.17. The molecule has 0 spiro atoms. The molecule has 4 amide bonds. The number of ketones is 1. The van der Waals surface area contributed by atoms with Gasteiger partial charge in [-0.3, -0.25) is 24.0 Å². The molecule has 4 aromatic rings. The van der Waals surface area contributed by atoms with Crippen LogP contribution >= 0.6 is 0 Å². The molecular weight excluding hydrogens is 506 g/mol. The Kier molecular flexibility index (Phi) is 6.07. The Morgan fingerprint density at radius 3 is 1.98 bits per heavy atom. The minimum atomic E-state index is -0.679. The number of benzene rings is 4. The summed E-state index contributed by atoms with van der Waals surface area (Å²) in [4.78, 5) is 67.4. The van der Waals surface area contributed by atoms with E-state index in [2.05, 4.69) is 5.32 Å². The molecule has 0 aliphatic carbocycles. The van der Waals surface area contributed by atoms with Gasteiger partial charge >= 0.3 is 0 Å². The minimum absolute atomic E-state index is 0.117. The zero-order chi connectivity index (χ0) is 28.0. The summed E-state index contributed by atoms with van der Waals surface area (Å²) in [7, 11) is 0. The van der Waals surface area contributed by atoms with Crippen molar-refractivity contribution in [3.63, 3.8) is 0 Å². The van der Waals surface area contributed by atoms with Gasteiger partial charge in [-0.05, 0) is 48.0 Å². The van der Waals surface area contributed by atoms with Crippen LogP contribution in [0.15, 0.2) is 103 Å². The van der Waals surface area contributed by atoms with E-state index in [9.17, 15) is 24.0 Å². The van der Waals surface area contributed by atoms with Gasteiger partial charge in [0.15, 0.2) is 5.78 Å². The van der Waals surface area contributed by atoms with E-state index in [1.54, 1.807) is 48.5 Å². The maximum atomic E-state index is 13.7. The molecule has 4 aromatic carbocycles. The van der Waals surface area contributed by atoms with E-state index in [1.165, 1.54) is 30.0 Å². The molecule has 0 radical (unpaired) electrons. The number of hydrogen-bond donors (Lipinski definition) is 1. The molecule has 196 valence electrons. The summed E-state index contributed by atoms with van der Waals surface area (Å²) in [5.41, 5.74) is 2.75. The normalized spacial score (nSPS) is 17.4. The first-order valence-electron chi connectivity index (χ1n) is 12.7. The molecule has 8 heteroatoms. The Hall–Kier alpha value is -5.37. The van der Waals surface area contributed by atoms with Gasteiger partial charge in [-0.1, -0.05) is 60.7 Å². The molecule has 8 nitrogen and oxygen atoms in total. The van der Waals surface area contributed by atoms with Crippen LogP contribution < -0.4 is 10.2 Å². The summed E-state index contributed by atoms with van der Waals surface area (Å²) in [5.74, 6) is -1.85. The lowest BCUT2D eigenvalue weighted by atomic mass is 10.0. The molecule has 1 N–H and O–H groups in total. The quantitative estimate of drug-likeness (QED) is 0.218. The summed E-state index contributed by atoms with van der Waals surface area (Å²) in [6.07, 6.45) is 0. The molecular formula is C32H23N3O5. The number of carbonyl (C=O) groups excluding carboxylic acids is 5. The van der Waals surface area contributed by atoms with Gasteiger partial charge < -0.3 is 10.2 Å². The summed E-state index contributed by atoms with van der Waals surface area (Å²) in [6, 6.07) is 27.8. The highest BCUT2D eigenvalue weighted by atomic mass is 16.2. The van der Waals surface area contributed by atoms with E-state index in [4.69, 9.17) is 0 Å². The zero-order valence-corrected chi connectivity index (χ0v) is 21.4. The molecule has 0 unspecified atom stereocenters. The highest BCUT2D eigenvalue weighted by Crippen LogP contribution is 2.46. The SMILES string of the molecule is CC(=O)Nc1ccc(N2C(=O)c3ccc(C(=O)N4[C@H](c5ccccc5)[C@@H]4C(=O)c4ccccc4)cc3C2=O)cc1. The highest BCUT2D eigenvalue weighted by molar-refractivity contribution is 6.34.